The van der Waals surface area contributed by atoms with E-state index in [1.165, 1.54) is 14.2 Å². The van der Waals surface area contributed by atoms with Crippen molar-refractivity contribution < 1.29 is 33.7 Å². The number of carbonyl (C=O) groups is 3. The first kappa shape index (κ1) is 27.1. The molecule has 1 atom stereocenters. The van der Waals surface area contributed by atoms with E-state index in [1.54, 1.807) is 60.7 Å². The Morgan fingerprint density at radius 2 is 1.35 bits per heavy atom. The van der Waals surface area contributed by atoms with Crippen molar-refractivity contribution >= 4 is 18.0 Å². The van der Waals surface area contributed by atoms with Crippen LogP contribution in [0.15, 0.2) is 78.9 Å². The fourth-order valence-corrected chi connectivity index (χ4v) is 3.95. The third-order valence-corrected chi connectivity index (χ3v) is 5.84. The number of rotatable bonds is 12. The molecule has 3 aromatic carbocycles. The molecule has 0 aliphatic heterocycles. The summed E-state index contributed by atoms with van der Waals surface area (Å²) in [6, 6.07) is 20.7. The maximum atomic E-state index is 13.6. The quantitative estimate of drug-likeness (QED) is 0.378. The minimum Gasteiger partial charge on any atom is -0.497 e. The lowest BCUT2D eigenvalue weighted by molar-refractivity contribution is -0.143. The first-order chi connectivity index (χ1) is 17.8. The minimum absolute atomic E-state index is 0.0592. The molecule has 0 aromatic heterocycles. The Kier molecular flexibility index (Phi) is 9.48. The number of amides is 2. The Balaban J connectivity index is 2.10. The molecule has 0 heterocycles. The molecular weight excluding hydrogens is 476 g/mol. The predicted octanol–water partition coefficient (Wildman–Crippen LogP) is 4.15. The number of carbonyl (C=O) groups excluding carboxylic acids is 2. The Morgan fingerprint density at radius 3 is 1.78 bits per heavy atom. The first-order valence-corrected chi connectivity index (χ1v) is 11.6. The third kappa shape index (κ3) is 7.23. The predicted molar refractivity (Wildman–Crippen MR) is 136 cm³/mol. The molecule has 37 heavy (non-hydrogen) atoms. The van der Waals surface area contributed by atoms with Gasteiger partial charge in [0.15, 0.2) is 0 Å². The number of aliphatic carboxylic acids is 1. The summed E-state index contributed by atoms with van der Waals surface area (Å²) in [6.45, 7) is -0.0592. The Bertz CT molecular complexity index is 1130. The summed E-state index contributed by atoms with van der Waals surface area (Å²) in [5, 5.41) is 10.2. The molecular formula is C28H30N2O7. The van der Waals surface area contributed by atoms with Gasteiger partial charge in [-0.05, 0) is 47.4 Å². The van der Waals surface area contributed by atoms with Gasteiger partial charge in [-0.3, -0.25) is 9.69 Å². The molecule has 0 bridgehead atoms. The molecule has 0 aliphatic carbocycles. The lowest BCUT2D eigenvalue weighted by atomic mass is 9.94. The van der Waals surface area contributed by atoms with Gasteiger partial charge in [0.2, 0.25) is 5.91 Å². The second kappa shape index (κ2) is 13.0. The van der Waals surface area contributed by atoms with E-state index in [1.807, 2.05) is 18.2 Å². The molecule has 0 saturated heterocycles. The number of hydrogen-bond acceptors (Lipinski definition) is 6. The molecule has 0 saturated carbocycles. The van der Waals surface area contributed by atoms with Gasteiger partial charge in [-0.1, -0.05) is 54.6 Å². The van der Waals surface area contributed by atoms with E-state index in [4.69, 9.17) is 19.9 Å². The average Bonchev–Trinajstić information content (AvgIpc) is 2.92. The first-order valence-electron chi connectivity index (χ1n) is 11.6. The van der Waals surface area contributed by atoms with Crippen LogP contribution in [0.5, 0.6) is 11.5 Å². The summed E-state index contributed by atoms with van der Waals surface area (Å²) in [4.78, 5) is 38.8. The number of methoxy groups -OCH3 is 2. The van der Waals surface area contributed by atoms with Crippen LogP contribution in [-0.2, 0) is 20.9 Å². The van der Waals surface area contributed by atoms with E-state index in [-0.39, 0.29) is 19.4 Å². The van der Waals surface area contributed by atoms with Crippen molar-refractivity contribution in [1.29, 1.82) is 0 Å². The van der Waals surface area contributed by atoms with Gasteiger partial charge in [-0.15, -0.1) is 0 Å². The van der Waals surface area contributed by atoms with Crippen LogP contribution in [0, 0.1) is 0 Å². The van der Waals surface area contributed by atoms with Crippen molar-refractivity contribution in [3.05, 3.63) is 95.6 Å². The topological polar surface area (TPSA) is 128 Å². The Labute approximate surface area is 215 Å². The fraction of sp³-hybridized carbons (Fsp3) is 0.250. The van der Waals surface area contributed by atoms with Crippen LogP contribution < -0.4 is 15.2 Å². The number of hydrogen-bond donors (Lipinski definition) is 2. The van der Waals surface area contributed by atoms with Gasteiger partial charge in [0, 0.05) is 6.42 Å². The van der Waals surface area contributed by atoms with Crippen LogP contribution in [0.3, 0.4) is 0 Å². The molecule has 1 unspecified atom stereocenters. The van der Waals surface area contributed by atoms with E-state index >= 15 is 0 Å². The maximum absolute atomic E-state index is 13.6. The maximum Gasteiger partial charge on any atom is 0.411 e. The smallest absolute Gasteiger partial charge is 0.411 e. The molecule has 9 heteroatoms. The molecule has 0 spiro atoms. The van der Waals surface area contributed by atoms with E-state index in [0.717, 1.165) is 10.5 Å². The molecule has 3 rings (SSSR count). The SMILES string of the molecule is COc1ccc(C(c2ccc(OC)cc2)N(C(=O)OCc2ccccc2)C(CCC(N)=O)C(=O)O)cc1. The molecule has 9 nitrogen and oxygen atoms in total. The molecule has 194 valence electrons. The molecule has 3 N–H and O–H groups in total. The summed E-state index contributed by atoms with van der Waals surface area (Å²) >= 11 is 0. The number of ether oxygens (including phenoxy) is 3. The highest BCUT2D eigenvalue weighted by molar-refractivity contribution is 5.82. The number of nitrogens with two attached hydrogens (primary N) is 1. The van der Waals surface area contributed by atoms with Gasteiger partial charge < -0.3 is 25.1 Å². The van der Waals surface area contributed by atoms with Crippen molar-refractivity contribution in [2.75, 3.05) is 14.2 Å². The molecule has 0 radical (unpaired) electrons. The van der Waals surface area contributed by atoms with Crippen LogP contribution in [0.1, 0.15) is 35.6 Å². The molecule has 0 fully saturated rings. The van der Waals surface area contributed by atoms with Crippen molar-refractivity contribution in [3.8, 4) is 11.5 Å². The standard InChI is InChI=1S/C28H30N2O7/c1-35-22-12-8-20(9-13-22)26(21-10-14-23(36-2)15-11-21)30(24(27(32)33)16-17-25(29)31)28(34)37-18-19-6-4-3-5-7-19/h3-15,24,26H,16-18H2,1-2H3,(H2,29,31)(H,32,33). The summed E-state index contributed by atoms with van der Waals surface area (Å²) in [5.41, 5.74) is 7.30. The number of primary amides is 1. The Morgan fingerprint density at radius 1 is 0.838 bits per heavy atom. The van der Waals surface area contributed by atoms with Crippen LogP contribution >= 0.6 is 0 Å². The summed E-state index contributed by atoms with van der Waals surface area (Å²) in [7, 11) is 3.07. The normalized spacial score (nSPS) is 11.4. The Hall–Kier alpha value is -4.53. The average molecular weight is 507 g/mol. The number of benzene rings is 3. The number of carboxylic acid groups (broad SMARTS) is 1. The largest absolute Gasteiger partial charge is 0.497 e. The van der Waals surface area contributed by atoms with Crippen molar-refractivity contribution in [1.82, 2.24) is 4.90 Å². The summed E-state index contributed by atoms with van der Waals surface area (Å²) < 4.78 is 16.1. The van der Waals surface area contributed by atoms with Gasteiger partial charge in [0.25, 0.3) is 0 Å². The lowest BCUT2D eigenvalue weighted by Crippen LogP contribution is -2.48. The van der Waals surface area contributed by atoms with Crippen molar-refractivity contribution in [3.63, 3.8) is 0 Å². The van der Waals surface area contributed by atoms with Crippen molar-refractivity contribution in [2.24, 2.45) is 5.73 Å². The molecule has 0 aliphatic rings. The second-order valence-corrected chi connectivity index (χ2v) is 8.26. The van der Waals surface area contributed by atoms with Gasteiger partial charge in [-0.2, -0.15) is 0 Å². The van der Waals surface area contributed by atoms with Gasteiger partial charge in [-0.25, -0.2) is 9.59 Å². The van der Waals surface area contributed by atoms with Crippen LogP contribution in [0.25, 0.3) is 0 Å². The van der Waals surface area contributed by atoms with E-state index in [9.17, 15) is 19.5 Å². The highest BCUT2D eigenvalue weighted by Gasteiger charge is 2.38. The highest BCUT2D eigenvalue weighted by atomic mass is 16.6. The zero-order valence-corrected chi connectivity index (χ0v) is 20.7. The van der Waals surface area contributed by atoms with Crippen LogP contribution in [0.2, 0.25) is 0 Å². The lowest BCUT2D eigenvalue weighted by Gasteiger charge is -2.36. The van der Waals surface area contributed by atoms with Crippen LogP contribution in [0.4, 0.5) is 4.79 Å². The van der Waals surface area contributed by atoms with Gasteiger partial charge in [0.05, 0.1) is 20.3 Å². The van der Waals surface area contributed by atoms with Gasteiger partial charge in [0.1, 0.15) is 24.1 Å². The van der Waals surface area contributed by atoms with Gasteiger partial charge >= 0.3 is 12.1 Å². The number of nitrogens with zero attached hydrogens (tertiary/aromatic N) is 1. The van der Waals surface area contributed by atoms with E-state index in [2.05, 4.69) is 0 Å². The molecule has 2 amide bonds. The van der Waals surface area contributed by atoms with Crippen LogP contribution in [-0.4, -0.2) is 48.2 Å². The minimum atomic E-state index is -1.40. The third-order valence-electron chi connectivity index (χ3n) is 5.84. The zero-order valence-electron chi connectivity index (χ0n) is 20.7. The number of carboxylic acids is 1. The van der Waals surface area contributed by atoms with E-state index in [0.29, 0.717) is 22.6 Å². The summed E-state index contributed by atoms with van der Waals surface area (Å²) in [6.07, 6.45) is -1.26. The monoisotopic (exact) mass is 506 g/mol. The molecule has 3 aromatic rings. The van der Waals surface area contributed by atoms with Crippen molar-refractivity contribution in [2.45, 2.75) is 31.5 Å². The summed E-state index contributed by atoms with van der Waals surface area (Å²) in [5.74, 6) is -0.767. The second-order valence-electron chi connectivity index (χ2n) is 8.26. The van der Waals surface area contributed by atoms with E-state index < -0.39 is 30.1 Å². The zero-order chi connectivity index (χ0) is 26.8. The highest BCUT2D eigenvalue weighted by Crippen LogP contribution is 2.34. The fourth-order valence-electron chi connectivity index (χ4n) is 3.95.